The summed E-state index contributed by atoms with van der Waals surface area (Å²) in [7, 11) is 2.14. The Kier molecular flexibility index (Phi) is 38.8. The molecule has 2 aromatic heterocycles. The first-order valence-electron chi connectivity index (χ1n) is 49.7. The Bertz CT molecular complexity index is 5740. The Labute approximate surface area is 832 Å². The first-order chi connectivity index (χ1) is 66.9. The lowest BCUT2D eigenvalue weighted by Crippen LogP contribution is -2.54. The fraction of sp³-hybridized carbons (Fsp3) is 0.514. The van der Waals surface area contributed by atoms with Gasteiger partial charge in [-0.2, -0.15) is 5.21 Å². The number of nitrogens with zero attached hydrogens (tertiary/aromatic N) is 8. The van der Waals surface area contributed by atoms with Crippen LogP contribution < -0.4 is 40.9 Å². The third kappa shape index (κ3) is 30.0. The number of carboxylic acids is 2. The number of alkyl halides is 4. The minimum absolute atomic E-state index is 0.0851. The quantitative estimate of drug-likeness (QED) is 0.0138. The monoisotopic (exact) mass is 1970 g/mol. The second-order valence-electron chi connectivity index (χ2n) is 42.4. The van der Waals surface area contributed by atoms with Crippen molar-refractivity contribution in [1.82, 2.24) is 25.5 Å². The summed E-state index contributed by atoms with van der Waals surface area (Å²) in [6, 6.07) is 38.3. The van der Waals surface area contributed by atoms with Gasteiger partial charge < -0.3 is 65.1 Å². The van der Waals surface area contributed by atoms with Gasteiger partial charge in [-0.15, -0.1) is 10.2 Å². The third-order valence-electron chi connectivity index (χ3n) is 26.1. The number of aromatic amines is 1. The number of aryl methyl sites for hydroxylation is 4. The summed E-state index contributed by atoms with van der Waals surface area (Å²) < 4.78 is 110. The number of ether oxygens (including phenoxy) is 1. The summed E-state index contributed by atoms with van der Waals surface area (Å²) in [5.41, 5.74) is 8.26. The van der Waals surface area contributed by atoms with Gasteiger partial charge in [0.1, 0.15) is 34.7 Å². The lowest BCUT2D eigenvalue weighted by atomic mass is 9.61. The number of aromatic nitrogens is 4. The number of piperidine rings is 1. The van der Waals surface area contributed by atoms with Crippen LogP contribution >= 0.6 is 0 Å². The molecular weight excluding hydrogens is 1820 g/mol. The van der Waals surface area contributed by atoms with Crippen molar-refractivity contribution in [2.24, 2.45) is 41.4 Å². The number of furan rings is 1. The smallest absolute Gasteiger partial charge is 0.314 e. The van der Waals surface area contributed by atoms with Crippen molar-refractivity contribution in [2.75, 3.05) is 107 Å². The van der Waals surface area contributed by atoms with E-state index in [2.05, 4.69) is 170 Å². The maximum Gasteiger partial charge on any atom is 0.314 e. The number of hydrogen-bond acceptors (Lipinski definition) is 17. The highest BCUT2D eigenvalue weighted by atomic mass is 19.3. The number of anilines is 8. The molecule has 13 rings (SSSR count). The normalized spacial score (nSPS) is 15.6. The van der Waals surface area contributed by atoms with Crippen LogP contribution in [-0.4, -0.2) is 162 Å². The lowest BCUT2D eigenvalue weighted by Gasteiger charge is -2.45. The van der Waals surface area contributed by atoms with Gasteiger partial charge in [0.15, 0.2) is 5.82 Å². The zero-order chi connectivity index (χ0) is 104. The molecule has 1 aliphatic heterocycles. The molecule has 0 spiro atoms. The Balaban J connectivity index is 0.000000195. The first kappa shape index (κ1) is 112. The van der Waals surface area contributed by atoms with E-state index in [1.165, 1.54) is 24.3 Å². The number of H-pyrrole nitrogens is 1. The molecule has 4 amide bonds. The molecule has 4 aliphatic rings. The number of amides is 4. The van der Waals surface area contributed by atoms with Crippen LogP contribution in [0.3, 0.4) is 0 Å². The van der Waals surface area contributed by atoms with E-state index in [0.717, 1.165) is 121 Å². The molecule has 0 radical (unpaired) electrons. The molecule has 3 heterocycles. The van der Waals surface area contributed by atoms with Gasteiger partial charge in [-0.3, -0.25) is 33.6 Å². The first-order valence-corrected chi connectivity index (χ1v) is 49.7. The number of aliphatic carboxylic acids is 2. The van der Waals surface area contributed by atoms with Gasteiger partial charge >= 0.3 is 11.9 Å². The maximum atomic E-state index is 14.5. The average Bonchev–Trinajstić information content (AvgIpc) is 1.16. The number of carbonyl (C=O) groups is 7. The van der Waals surface area contributed by atoms with Gasteiger partial charge in [-0.05, 0) is 255 Å². The minimum atomic E-state index is -3.05. The summed E-state index contributed by atoms with van der Waals surface area (Å²) in [5, 5.41) is 45.8. The highest BCUT2D eigenvalue weighted by Crippen LogP contribution is 2.58. The summed E-state index contributed by atoms with van der Waals surface area (Å²) in [4.78, 5) is 98.7. The predicted molar refractivity (Wildman–Crippen MR) is 546 cm³/mol. The summed E-state index contributed by atoms with van der Waals surface area (Å²) in [6.07, 6.45) is 3.25. The number of hydrogen-bond donors (Lipinski definition) is 7. The van der Waals surface area contributed by atoms with Crippen LogP contribution in [0.2, 0.25) is 0 Å². The fourth-order valence-electron chi connectivity index (χ4n) is 19.4. The van der Waals surface area contributed by atoms with E-state index in [4.69, 9.17) is 9.15 Å². The topological polar surface area (TPSA) is 301 Å². The number of carbonyl (C=O) groups excluding carboxylic acids is 5. The molecule has 4 fully saturated rings. The summed E-state index contributed by atoms with van der Waals surface area (Å²) in [5.74, 6) is -7.26. The molecule has 142 heavy (non-hydrogen) atoms. The molecule has 31 heteroatoms. The van der Waals surface area contributed by atoms with Crippen molar-refractivity contribution in [3.63, 3.8) is 0 Å². The van der Waals surface area contributed by atoms with E-state index in [-0.39, 0.29) is 66.1 Å². The van der Waals surface area contributed by atoms with Gasteiger partial charge in [-0.25, -0.2) is 30.7 Å². The Morgan fingerprint density at radius 1 is 0.479 bits per heavy atom. The average molecular weight is 1970 g/mol. The van der Waals surface area contributed by atoms with Crippen LogP contribution in [0.5, 0.6) is 0 Å². The molecular formula is C111H146F7N13O11. The van der Waals surface area contributed by atoms with Crippen molar-refractivity contribution in [3.8, 4) is 0 Å². The lowest BCUT2D eigenvalue weighted by molar-refractivity contribution is -0.174. The molecule has 1 atom stereocenters. The highest BCUT2D eigenvalue weighted by molar-refractivity contribution is 5.99. The van der Waals surface area contributed by atoms with E-state index in [9.17, 15) is 74.5 Å². The van der Waals surface area contributed by atoms with Crippen LogP contribution in [0.1, 0.15) is 247 Å². The molecule has 3 aliphatic carbocycles. The van der Waals surface area contributed by atoms with Crippen molar-refractivity contribution in [1.29, 1.82) is 0 Å². The van der Waals surface area contributed by atoms with E-state index in [1.54, 1.807) is 74.7 Å². The van der Waals surface area contributed by atoms with Crippen molar-refractivity contribution >= 4 is 87.5 Å². The van der Waals surface area contributed by atoms with Gasteiger partial charge in [-0.1, -0.05) is 176 Å². The second kappa shape index (κ2) is 49.2. The van der Waals surface area contributed by atoms with Crippen LogP contribution in [0.15, 0.2) is 144 Å². The molecule has 7 aromatic carbocycles. The fourth-order valence-corrected chi connectivity index (χ4v) is 19.4. The number of benzene rings is 7. The molecule has 0 bridgehead atoms. The molecule has 3 saturated carbocycles. The molecule has 7 N–H and O–H groups in total. The predicted octanol–water partition coefficient (Wildman–Crippen LogP) is 22.7. The minimum Gasteiger partial charge on any atom is -0.481 e. The highest BCUT2D eigenvalue weighted by Gasteiger charge is 2.63. The van der Waals surface area contributed by atoms with Crippen molar-refractivity contribution in [2.45, 2.75) is 262 Å². The number of tetrazole rings is 1. The molecule has 770 valence electrons. The summed E-state index contributed by atoms with van der Waals surface area (Å²) in [6.45, 7) is 47.0. The SMILES string of the molecule is CCC(OC=O)c1ccc(N(CC(C)C)CC(C)C)c(NC(=O)Cc2cc(C)co2)c1.Cc1ccc(CC(=O)Nc2cc(C3(C(=O)O)CC(F)(F)C3)ccc2N(CC(C)C)CC(C)C)c(F)c1.Cc1ccc(CC(=O)Nc2cc(C3(C(=O)O)CCC3)ccc2N(CC(C)C)C2CCN(C)CC2)c(F)c1.Cc1ccc(CC(=O)Nc2cc(C3(c4nn[nH]n4)CC(F)(F)C3)ccc2N(CC(C)C)CC(C)C)c(F)c1. The summed E-state index contributed by atoms with van der Waals surface area (Å²) >= 11 is 0. The second-order valence-corrected chi connectivity index (χ2v) is 42.4. The number of nitrogens with one attached hydrogen (secondary N) is 5. The number of halogens is 7. The van der Waals surface area contributed by atoms with Gasteiger partial charge in [0.2, 0.25) is 23.6 Å². The van der Waals surface area contributed by atoms with Crippen LogP contribution in [0.4, 0.5) is 76.2 Å². The van der Waals surface area contributed by atoms with Gasteiger partial charge in [0.05, 0.1) is 88.3 Å². The van der Waals surface area contributed by atoms with Crippen LogP contribution in [0.25, 0.3) is 0 Å². The number of rotatable bonds is 41. The zero-order valence-electron chi connectivity index (χ0n) is 86.1. The van der Waals surface area contributed by atoms with Crippen molar-refractivity contribution in [3.05, 3.63) is 230 Å². The largest absolute Gasteiger partial charge is 0.481 e. The van der Waals surface area contributed by atoms with E-state index in [1.807, 2.05) is 75.4 Å². The van der Waals surface area contributed by atoms with Crippen molar-refractivity contribution < 1.29 is 83.7 Å². The molecule has 24 nitrogen and oxygen atoms in total. The Hall–Kier alpha value is -12.2. The van der Waals surface area contributed by atoms with Gasteiger partial charge in [0.25, 0.3) is 18.3 Å². The van der Waals surface area contributed by atoms with Crippen LogP contribution in [0, 0.1) is 86.6 Å². The zero-order valence-corrected chi connectivity index (χ0v) is 86.1. The van der Waals surface area contributed by atoms with E-state index in [0.29, 0.717) is 126 Å². The molecule has 1 unspecified atom stereocenters. The number of likely N-dealkylation sites (tertiary alicyclic amines) is 1. The maximum absolute atomic E-state index is 14.5. The van der Waals surface area contributed by atoms with E-state index >= 15 is 0 Å². The third-order valence-corrected chi connectivity index (χ3v) is 26.1. The standard InChI is InChI=1S/C30H40FN3O3.C28H35F3N6O.C28H35F3N2O3.C25H36N2O4/c1-20(2)19-34(24-10-14-33(4)15-11-24)27-9-8-23(30(29(36)37)12-5-13-30)18-26(27)32-28(35)17-22-7-6-21(3)16-25(22)31;1-17(2)13-37(14-18(3)4)24-9-8-21(27(15-28(30,31)16-27)26-33-35-36-34-26)12-23(24)32-25(38)11-20-7-6-19(5)10-22(20)29;1-17(2)13-33(14-18(3)4)24-9-8-21(27(26(35)36)15-28(30,31)16-27)12-23(24)32-25(34)11-20-7-6-19(5)10-22(20)29;1-7-24(31-16-28)20-8-9-23(27(13-17(2)3)14-18(4)5)22(11-20)26-25(29)12-21-10-19(6)15-30-21/h6-9,16,18,20,24H,5,10-15,17,19H2,1-4H3,(H,32,35)(H,36,37);6-10,12,17-18H,11,13-16H2,1-5H3,(H,32,38)(H,33,34,35,36);6-10,12,17-18H,11,13-16H2,1-5H3,(H,32,34)(H,35,36);8-11,15-18,24H,7,12-14H2,1-6H3,(H,26,29). The number of carboxylic acid groups (broad SMARTS) is 2. The van der Waals surface area contributed by atoms with Gasteiger partial charge in [0, 0.05) is 77.5 Å². The molecule has 9 aromatic rings. The Morgan fingerprint density at radius 2 is 0.852 bits per heavy atom. The van der Waals surface area contributed by atoms with E-state index < -0.39 is 95.0 Å². The molecule has 1 saturated heterocycles. The van der Waals surface area contributed by atoms with Crippen LogP contribution in [-0.2, 0) is 80.2 Å². The Morgan fingerprint density at radius 3 is 1.20 bits per heavy atom.